The summed E-state index contributed by atoms with van der Waals surface area (Å²) in [5.74, 6) is -0.741. The molecular weight excluding hydrogens is 304 g/mol. The molecule has 5 heteroatoms. The van der Waals surface area contributed by atoms with Crippen molar-refractivity contribution in [1.82, 2.24) is 4.90 Å². The zero-order valence-electron chi connectivity index (χ0n) is 13.8. The number of likely N-dealkylation sites (N-methyl/N-ethyl adjacent to an activating group) is 1. The number of rotatable bonds is 3. The number of fused-ring (bicyclic) bond motifs is 5. The largest absolute Gasteiger partial charge is 0.314 e. The van der Waals surface area contributed by atoms with E-state index in [9.17, 15) is 14.4 Å². The highest BCUT2D eigenvalue weighted by atomic mass is 16.2. The van der Waals surface area contributed by atoms with E-state index in [0.717, 1.165) is 17.7 Å². The van der Waals surface area contributed by atoms with E-state index in [0.29, 0.717) is 0 Å². The van der Waals surface area contributed by atoms with Gasteiger partial charge in [0.1, 0.15) is 6.54 Å². The van der Waals surface area contributed by atoms with Gasteiger partial charge in [-0.05, 0) is 42.9 Å². The van der Waals surface area contributed by atoms with Gasteiger partial charge in [-0.1, -0.05) is 24.3 Å². The van der Waals surface area contributed by atoms with Crippen molar-refractivity contribution in [2.24, 2.45) is 23.7 Å². The zero-order valence-corrected chi connectivity index (χ0v) is 13.8. The Morgan fingerprint density at radius 2 is 1.79 bits per heavy atom. The number of carbonyl (C=O) groups excluding carboxylic acids is 3. The van der Waals surface area contributed by atoms with Crippen LogP contribution in [0.15, 0.2) is 36.4 Å². The van der Waals surface area contributed by atoms with Gasteiger partial charge < -0.3 is 4.90 Å². The topological polar surface area (TPSA) is 57.7 Å². The molecule has 1 heterocycles. The Labute approximate surface area is 140 Å². The number of anilines is 1. The maximum absolute atomic E-state index is 12.6. The second kappa shape index (κ2) is 5.30. The number of benzene rings is 1. The van der Waals surface area contributed by atoms with Crippen LogP contribution in [0.2, 0.25) is 0 Å². The third-order valence-corrected chi connectivity index (χ3v) is 5.62. The fraction of sp³-hybridized carbons (Fsp3) is 0.421. The van der Waals surface area contributed by atoms with Crippen molar-refractivity contribution in [3.63, 3.8) is 0 Å². The summed E-state index contributed by atoms with van der Waals surface area (Å²) in [4.78, 5) is 40.5. The van der Waals surface area contributed by atoms with Gasteiger partial charge in [0, 0.05) is 12.7 Å². The molecule has 1 saturated carbocycles. The summed E-state index contributed by atoms with van der Waals surface area (Å²) in [6.07, 6.45) is 5.01. The molecule has 3 aliphatic rings. The van der Waals surface area contributed by atoms with Gasteiger partial charge in [0.05, 0.1) is 11.8 Å². The highest BCUT2D eigenvalue weighted by Crippen LogP contribution is 2.52. The second-order valence-electron chi connectivity index (χ2n) is 7.05. The molecule has 1 saturated heterocycles. The van der Waals surface area contributed by atoms with Crippen LogP contribution < -0.4 is 4.90 Å². The highest BCUT2D eigenvalue weighted by molar-refractivity contribution is 6.09. The number of allylic oxidation sites excluding steroid dienone is 2. The lowest BCUT2D eigenvalue weighted by Gasteiger charge is -2.22. The van der Waals surface area contributed by atoms with Gasteiger partial charge in [0.2, 0.25) is 17.7 Å². The summed E-state index contributed by atoms with van der Waals surface area (Å²) in [5, 5.41) is 0. The molecule has 4 atom stereocenters. The van der Waals surface area contributed by atoms with E-state index in [4.69, 9.17) is 0 Å². The van der Waals surface area contributed by atoms with Gasteiger partial charge >= 0.3 is 0 Å². The molecule has 24 heavy (non-hydrogen) atoms. The van der Waals surface area contributed by atoms with Crippen LogP contribution in [0.25, 0.3) is 0 Å². The third-order valence-electron chi connectivity index (χ3n) is 5.62. The van der Waals surface area contributed by atoms with Crippen molar-refractivity contribution in [2.75, 3.05) is 18.5 Å². The van der Waals surface area contributed by atoms with Gasteiger partial charge in [-0.25, -0.2) is 0 Å². The van der Waals surface area contributed by atoms with Crippen LogP contribution >= 0.6 is 0 Å². The number of nitrogens with zero attached hydrogens (tertiary/aromatic N) is 2. The summed E-state index contributed by atoms with van der Waals surface area (Å²) < 4.78 is 0. The number of carbonyl (C=O) groups is 3. The molecule has 0 radical (unpaired) electrons. The molecule has 3 amide bonds. The van der Waals surface area contributed by atoms with E-state index in [2.05, 4.69) is 12.2 Å². The normalized spacial score (nSPS) is 30.2. The molecule has 2 fully saturated rings. The minimum Gasteiger partial charge on any atom is -0.314 e. The number of imide groups is 1. The van der Waals surface area contributed by atoms with E-state index in [1.165, 1.54) is 9.80 Å². The summed E-state index contributed by atoms with van der Waals surface area (Å²) in [6.45, 7) is 1.79. The maximum atomic E-state index is 12.6. The van der Waals surface area contributed by atoms with Crippen LogP contribution in [0.5, 0.6) is 0 Å². The smallest absolute Gasteiger partial charge is 0.246 e. The Bertz CT molecular complexity index is 740. The van der Waals surface area contributed by atoms with Crippen molar-refractivity contribution in [1.29, 1.82) is 0 Å². The average molecular weight is 324 g/mol. The lowest BCUT2D eigenvalue weighted by atomic mass is 9.85. The first kappa shape index (κ1) is 15.1. The molecule has 2 bridgehead atoms. The van der Waals surface area contributed by atoms with Crippen molar-refractivity contribution in [3.05, 3.63) is 42.0 Å². The number of hydrogen-bond acceptors (Lipinski definition) is 3. The van der Waals surface area contributed by atoms with Gasteiger partial charge in [-0.15, -0.1) is 0 Å². The number of amides is 3. The molecule has 1 aromatic rings. The van der Waals surface area contributed by atoms with Crippen molar-refractivity contribution in [2.45, 2.75) is 13.3 Å². The molecule has 5 nitrogen and oxygen atoms in total. The SMILES string of the molecule is Cc1cccc(N(C)C(=O)CN2C(=O)[C@H]3[C@H](C2=O)[C@H]2C=C[C@H]3C2)c1. The second-order valence-corrected chi connectivity index (χ2v) is 7.05. The van der Waals surface area contributed by atoms with Crippen LogP contribution in [-0.4, -0.2) is 36.2 Å². The van der Waals surface area contributed by atoms with Gasteiger partial charge in [0.25, 0.3) is 0 Å². The molecule has 1 aliphatic heterocycles. The first-order chi connectivity index (χ1) is 11.5. The van der Waals surface area contributed by atoms with Crippen molar-refractivity contribution < 1.29 is 14.4 Å². The van der Waals surface area contributed by atoms with Crippen LogP contribution in [0.1, 0.15) is 12.0 Å². The van der Waals surface area contributed by atoms with Crippen molar-refractivity contribution in [3.8, 4) is 0 Å². The predicted octanol–water partition coefficient (Wildman–Crippen LogP) is 1.76. The molecule has 0 N–H and O–H groups in total. The molecule has 4 rings (SSSR count). The van der Waals surface area contributed by atoms with Gasteiger partial charge in [-0.3, -0.25) is 19.3 Å². The van der Waals surface area contributed by atoms with Crippen molar-refractivity contribution >= 4 is 23.4 Å². The Morgan fingerprint density at radius 3 is 2.38 bits per heavy atom. The fourth-order valence-corrected chi connectivity index (χ4v) is 4.34. The van der Waals surface area contributed by atoms with E-state index in [1.807, 2.05) is 31.2 Å². The molecule has 124 valence electrons. The summed E-state index contributed by atoms with van der Waals surface area (Å²) in [7, 11) is 1.67. The quantitative estimate of drug-likeness (QED) is 0.629. The monoisotopic (exact) mass is 324 g/mol. The lowest BCUT2D eigenvalue weighted by molar-refractivity contribution is -0.143. The minimum absolute atomic E-state index is 0.172. The average Bonchev–Trinajstić information content (AvgIpc) is 3.24. The Balaban J connectivity index is 1.51. The molecule has 0 unspecified atom stereocenters. The lowest BCUT2D eigenvalue weighted by Crippen LogP contribution is -2.42. The van der Waals surface area contributed by atoms with Gasteiger partial charge in [0.15, 0.2) is 0 Å². The molecule has 2 aliphatic carbocycles. The minimum atomic E-state index is -0.248. The van der Waals surface area contributed by atoms with Gasteiger partial charge in [-0.2, -0.15) is 0 Å². The number of aryl methyl sites for hydroxylation is 1. The molecule has 1 aromatic carbocycles. The first-order valence-corrected chi connectivity index (χ1v) is 8.34. The fourth-order valence-electron chi connectivity index (χ4n) is 4.34. The van der Waals surface area contributed by atoms with Crippen LogP contribution in [0.4, 0.5) is 5.69 Å². The van der Waals surface area contributed by atoms with Crippen LogP contribution in [-0.2, 0) is 14.4 Å². The first-order valence-electron chi connectivity index (χ1n) is 8.34. The summed E-state index contributed by atoms with van der Waals surface area (Å²) >= 11 is 0. The third kappa shape index (κ3) is 2.11. The van der Waals surface area contributed by atoms with E-state index < -0.39 is 0 Å². The predicted molar refractivity (Wildman–Crippen MR) is 89.0 cm³/mol. The van der Waals surface area contributed by atoms with E-state index in [1.54, 1.807) is 7.05 Å². The number of likely N-dealkylation sites (tertiary alicyclic amines) is 1. The zero-order chi connectivity index (χ0) is 17.0. The standard InChI is InChI=1S/C19H20N2O3/c1-11-4-3-5-14(8-11)20(2)15(22)10-21-18(23)16-12-6-7-13(9-12)17(16)19(21)24/h3-8,12-13,16-17H,9-10H2,1-2H3/t12-,13-,16+,17+/m0/s1. The molecule has 0 spiro atoms. The Hall–Kier alpha value is -2.43. The Morgan fingerprint density at radius 1 is 1.17 bits per heavy atom. The van der Waals surface area contributed by atoms with E-state index in [-0.39, 0.29) is 47.9 Å². The highest BCUT2D eigenvalue weighted by Gasteiger charge is 2.59. The molecule has 0 aromatic heterocycles. The van der Waals surface area contributed by atoms with E-state index >= 15 is 0 Å². The van der Waals surface area contributed by atoms with Crippen LogP contribution in [0.3, 0.4) is 0 Å². The summed E-state index contributed by atoms with van der Waals surface area (Å²) in [5.41, 5.74) is 1.82. The summed E-state index contributed by atoms with van der Waals surface area (Å²) in [6, 6.07) is 7.59. The maximum Gasteiger partial charge on any atom is 0.246 e. The molecular formula is C19H20N2O3. The number of hydrogen-bond donors (Lipinski definition) is 0. The Kier molecular flexibility index (Phi) is 3.34. The van der Waals surface area contributed by atoms with Crippen LogP contribution in [0, 0.1) is 30.6 Å².